The van der Waals surface area contributed by atoms with Gasteiger partial charge in [0.2, 0.25) is 5.91 Å². The minimum Gasteiger partial charge on any atom is -0.361 e. The molecule has 0 unspecified atom stereocenters. The average Bonchev–Trinajstić information content (AvgIpc) is 2.44. The van der Waals surface area contributed by atoms with Crippen molar-refractivity contribution in [3.05, 3.63) is 29.3 Å². The van der Waals surface area contributed by atoms with Gasteiger partial charge in [0.1, 0.15) is 6.07 Å². The number of nitriles is 1. The third kappa shape index (κ3) is 3.97. The smallest absolute Gasteiger partial charge is 0.239 e. The molecule has 1 aromatic carbocycles. The Kier molecular flexibility index (Phi) is 5.83. The van der Waals surface area contributed by atoms with E-state index in [9.17, 15) is 10.1 Å². The maximum Gasteiger partial charge on any atom is 0.239 e. The fraction of sp³-hybridized carbons (Fsp3) is 0.429. The van der Waals surface area contributed by atoms with Gasteiger partial charge in [-0.3, -0.25) is 4.79 Å². The first kappa shape index (κ1) is 15.0. The molecule has 1 amide bonds. The van der Waals surface area contributed by atoms with Crippen molar-refractivity contribution in [1.82, 2.24) is 10.6 Å². The van der Waals surface area contributed by atoms with Gasteiger partial charge in [-0.1, -0.05) is 6.07 Å². The molecule has 19 heavy (non-hydrogen) atoms. The molecule has 2 N–H and O–H groups in total. The number of rotatable bonds is 6. The summed E-state index contributed by atoms with van der Waals surface area (Å²) in [5, 5.41) is 14.9. The Morgan fingerprint density at radius 2 is 2.16 bits per heavy atom. The molecule has 0 aliphatic rings. The number of carbonyl (C=O) groups is 1. The van der Waals surface area contributed by atoms with Crippen LogP contribution in [0.1, 0.15) is 18.1 Å². The summed E-state index contributed by atoms with van der Waals surface area (Å²) in [5.41, 5.74) is 2.45. The summed E-state index contributed by atoms with van der Waals surface area (Å²) in [5.74, 6) is -0.0648. The highest BCUT2D eigenvalue weighted by atomic mass is 16.1. The molecular formula is C14H20N4O. The van der Waals surface area contributed by atoms with Crippen molar-refractivity contribution in [3.63, 3.8) is 0 Å². The van der Waals surface area contributed by atoms with Gasteiger partial charge in [0.15, 0.2) is 0 Å². The van der Waals surface area contributed by atoms with Crippen LogP contribution in [0.4, 0.5) is 5.69 Å². The number of anilines is 1. The van der Waals surface area contributed by atoms with E-state index < -0.39 is 0 Å². The molecule has 0 spiro atoms. The average molecular weight is 260 g/mol. The Hall–Kier alpha value is -2.06. The Morgan fingerprint density at radius 1 is 1.42 bits per heavy atom. The van der Waals surface area contributed by atoms with E-state index in [1.165, 1.54) is 0 Å². The van der Waals surface area contributed by atoms with Crippen LogP contribution in [-0.4, -0.2) is 33.1 Å². The zero-order valence-electron chi connectivity index (χ0n) is 11.7. The van der Waals surface area contributed by atoms with E-state index in [1.54, 1.807) is 7.05 Å². The number of carbonyl (C=O) groups excluding carboxylic acids is 1. The van der Waals surface area contributed by atoms with Crippen molar-refractivity contribution >= 4 is 11.6 Å². The van der Waals surface area contributed by atoms with E-state index in [4.69, 9.17) is 0 Å². The number of hydrogen-bond acceptors (Lipinski definition) is 4. The molecule has 1 aromatic rings. The van der Waals surface area contributed by atoms with Crippen molar-refractivity contribution in [2.75, 3.05) is 32.1 Å². The molecule has 0 atom stereocenters. The lowest BCUT2D eigenvalue weighted by molar-refractivity contribution is -0.119. The summed E-state index contributed by atoms with van der Waals surface area (Å²) in [6, 6.07) is 7.93. The van der Waals surface area contributed by atoms with E-state index in [2.05, 4.69) is 16.7 Å². The van der Waals surface area contributed by atoms with Crippen LogP contribution in [0.25, 0.3) is 0 Å². The number of nitrogens with one attached hydrogen (secondary N) is 2. The first-order valence-electron chi connectivity index (χ1n) is 6.29. The minimum absolute atomic E-state index is 0.0648. The van der Waals surface area contributed by atoms with Gasteiger partial charge in [-0.15, -0.1) is 0 Å². The first-order chi connectivity index (χ1) is 9.15. The molecule has 0 saturated heterocycles. The monoisotopic (exact) mass is 260 g/mol. The maximum atomic E-state index is 11.5. The molecular weight excluding hydrogens is 240 g/mol. The molecule has 0 fully saturated rings. The molecule has 0 aliphatic carbocycles. The van der Waals surface area contributed by atoms with E-state index in [-0.39, 0.29) is 12.5 Å². The fourth-order valence-electron chi connectivity index (χ4n) is 1.88. The standard InChI is InChI=1S/C14H20N4O/c1-4-18(10-14(19)17-3)13-6-5-11(9-16-2)7-12(13)8-15/h5-7,16H,4,9-10H2,1-3H3,(H,17,19). The Bertz CT molecular complexity index is 479. The lowest BCUT2D eigenvalue weighted by Crippen LogP contribution is -2.35. The molecule has 0 saturated carbocycles. The van der Waals surface area contributed by atoms with Crippen LogP contribution in [-0.2, 0) is 11.3 Å². The van der Waals surface area contributed by atoms with E-state index in [1.807, 2.05) is 37.1 Å². The molecule has 0 radical (unpaired) electrons. The van der Waals surface area contributed by atoms with Gasteiger partial charge in [-0.05, 0) is 31.7 Å². The first-order valence-corrected chi connectivity index (χ1v) is 6.29. The van der Waals surface area contributed by atoms with Crippen molar-refractivity contribution < 1.29 is 4.79 Å². The zero-order chi connectivity index (χ0) is 14.3. The van der Waals surface area contributed by atoms with Gasteiger partial charge in [-0.2, -0.15) is 5.26 Å². The number of hydrogen-bond donors (Lipinski definition) is 2. The van der Waals surface area contributed by atoms with E-state index in [0.29, 0.717) is 12.1 Å². The van der Waals surface area contributed by atoms with Crippen LogP contribution >= 0.6 is 0 Å². The molecule has 0 bridgehead atoms. The van der Waals surface area contributed by atoms with Gasteiger partial charge in [-0.25, -0.2) is 0 Å². The summed E-state index contributed by atoms with van der Waals surface area (Å²) in [6.07, 6.45) is 0. The molecule has 102 valence electrons. The second-order valence-electron chi connectivity index (χ2n) is 4.18. The second kappa shape index (κ2) is 7.39. The summed E-state index contributed by atoms with van der Waals surface area (Å²) in [7, 11) is 3.47. The summed E-state index contributed by atoms with van der Waals surface area (Å²) < 4.78 is 0. The minimum atomic E-state index is -0.0648. The summed E-state index contributed by atoms with van der Waals surface area (Å²) in [6.45, 7) is 3.61. The van der Waals surface area contributed by atoms with Crippen LogP contribution in [0.2, 0.25) is 0 Å². The quantitative estimate of drug-likeness (QED) is 0.795. The van der Waals surface area contributed by atoms with Crippen molar-refractivity contribution in [2.45, 2.75) is 13.5 Å². The number of nitrogens with zero attached hydrogens (tertiary/aromatic N) is 2. The van der Waals surface area contributed by atoms with Crippen molar-refractivity contribution in [1.29, 1.82) is 5.26 Å². The fourth-order valence-corrected chi connectivity index (χ4v) is 1.88. The van der Waals surface area contributed by atoms with Crippen LogP contribution in [0.15, 0.2) is 18.2 Å². The Morgan fingerprint density at radius 3 is 2.68 bits per heavy atom. The van der Waals surface area contributed by atoms with E-state index in [0.717, 1.165) is 17.8 Å². The molecule has 5 heteroatoms. The van der Waals surface area contributed by atoms with Crippen LogP contribution < -0.4 is 15.5 Å². The van der Waals surface area contributed by atoms with Crippen molar-refractivity contribution in [3.8, 4) is 6.07 Å². The predicted octanol–water partition coefficient (Wildman–Crippen LogP) is 0.850. The lowest BCUT2D eigenvalue weighted by atomic mass is 10.1. The van der Waals surface area contributed by atoms with E-state index >= 15 is 0 Å². The second-order valence-corrected chi connectivity index (χ2v) is 4.18. The Balaban J connectivity index is 3.03. The zero-order valence-corrected chi connectivity index (χ0v) is 11.7. The molecule has 5 nitrogen and oxygen atoms in total. The van der Waals surface area contributed by atoms with Crippen molar-refractivity contribution in [2.24, 2.45) is 0 Å². The van der Waals surface area contributed by atoms with Crippen LogP contribution in [0.3, 0.4) is 0 Å². The van der Waals surface area contributed by atoms with Gasteiger partial charge < -0.3 is 15.5 Å². The molecule has 0 aliphatic heterocycles. The van der Waals surface area contributed by atoms with Gasteiger partial charge in [0.05, 0.1) is 17.8 Å². The van der Waals surface area contributed by atoms with Gasteiger partial charge >= 0.3 is 0 Å². The third-order valence-electron chi connectivity index (χ3n) is 2.90. The molecule has 0 aromatic heterocycles. The third-order valence-corrected chi connectivity index (χ3v) is 2.90. The molecule has 0 heterocycles. The van der Waals surface area contributed by atoms with Gasteiger partial charge in [0, 0.05) is 20.1 Å². The summed E-state index contributed by atoms with van der Waals surface area (Å²) >= 11 is 0. The highest BCUT2D eigenvalue weighted by Crippen LogP contribution is 2.21. The number of likely N-dealkylation sites (N-methyl/N-ethyl adjacent to an activating group) is 2. The van der Waals surface area contributed by atoms with Gasteiger partial charge in [0.25, 0.3) is 0 Å². The summed E-state index contributed by atoms with van der Waals surface area (Å²) in [4.78, 5) is 13.4. The number of benzene rings is 1. The lowest BCUT2D eigenvalue weighted by Gasteiger charge is -2.23. The van der Waals surface area contributed by atoms with Crippen LogP contribution in [0.5, 0.6) is 0 Å². The highest BCUT2D eigenvalue weighted by Gasteiger charge is 2.13. The highest BCUT2D eigenvalue weighted by molar-refractivity contribution is 5.81. The normalized spacial score (nSPS) is 9.79. The SMILES string of the molecule is CCN(CC(=O)NC)c1ccc(CNC)cc1C#N. The predicted molar refractivity (Wildman–Crippen MR) is 75.9 cm³/mol. The number of amides is 1. The largest absolute Gasteiger partial charge is 0.361 e. The van der Waals surface area contributed by atoms with Crippen LogP contribution in [0, 0.1) is 11.3 Å². The Labute approximate surface area is 114 Å². The maximum absolute atomic E-state index is 11.5. The molecule has 1 rings (SSSR count). The topological polar surface area (TPSA) is 68.2 Å².